The third-order valence-corrected chi connectivity index (χ3v) is 5.07. The van der Waals surface area contributed by atoms with Crippen molar-refractivity contribution in [3.8, 4) is 0 Å². The van der Waals surface area contributed by atoms with Gasteiger partial charge in [0.25, 0.3) is 5.91 Å². The first-order valence-corrected chi connectivity index (χ1v) is 8.64. The maximum absolute atomic E-state index is 12.5. The van der Waals surface area contributed by atoms with Crippen LogP contribution >= 0.6 is 23.4 Å². The lowest BCUT2D eigenvalue weighted by Crippen LogP contribution is -2.40. The Labute approximate surface area is 137 Å². The van der Waals surface area contributed by atoms with Crippen molar-refractivity contribution < 1.29 is 4.79 Å². The van der Waals surface area contributed by atoms with E-state index in [9.17, 15) is 9.59 Å². The van der Waals surface area contributed by atoms with Gasteiger partial charge in [0.2, 0.25) is 5.43 Å². The van der Waals surface area contributed by atoms with Gasteiger partial charge in [0.15, 0.2) is 5.69 Å². The van der Waals surface area contributed by atoms with Crippen LogP contribution in [-0.4, -0.2) is 33.2 Å². The van der Waals surface area contributed by atoms with Gasteiger partial charge in [-0.1, -0.05) is 11.6 Å². The Morgan fingerprint density at radius 1 is 1.41 bits per heavy atom. The predicted octanol–water partition coefficient (Wildman–Crippen LogP) is 2.21. The lowest BCUT2D eigenvalue weighted by Gasteiger charge is -2.22. The summed E-state index contributed by atoms with van der Waals surface area (Å²) in [5.74, 6) is 1.66. The molecule has 5 nitrogen and oxygen atoms in total. The number of nitrogens with zero attached hydrogens (tertiary/aromatic N) is 2. The molecule has 1 N–H and O–H groups in total. The van der Waals surface area contributed by atoms with Crippen LogP contribution in [0.5, 0.6) is 0 Å². The van der Waals surface area contributed by atoms with Crippen molar-refractivity contribution in [1.82, 2.24) is 15.1 Å². The number of fused-ring (bicyclic) bond motifs is 1. The fourth-order valence-electron chi connectivity index (χ4n) is 2.59. The number of aryl methyl sites for hydroxylation is 1. The quantitative estimate of drug-likeness (QED) is 0.912. The zero-order chi connectivity index (χ0) is 15.7. The van der Waals surface area contributed by atoms with Crippen molar-refractivity contribution in [3.05, 3.63) is 39.1 Å². The summed E-state index contributed by atoms with van der Waals surface area (Å²) in [5, 5.41) is 7.94. The molecule has 3 rings (SSSR count). The molecule has 7 heteroatoms. The molecule has 116 valence electrons. The smallest absolute Gasteiger partial charge is 0.276 e. The van der Waals surface area contributed by atoms with Gasteiger partial charge in [0.1, 0.15) is 0 Å². The Hall–Kier alpha value is -1.53. The van der Waals surface area contributed by atoms with E-state index in [4.69, 9.17) is 11.6 Å². The number of halogens is 1. The van der Waals surface area contributed by atoms with Gasteiger partial charge in [-0.2, -0.15) is 16.9 Å². The average Bonchev–Trinajstić information content (AvgIpc) is 2.51. The lowest BCUT2D eigenvalue weighted by molar-refractivity contribution is 0.0927. The first kappa shape index (κ1) is 15.4. The van der Waals surface area contributed by atoms with Gasteiger partial charge in [-0.05, 0) is 42.5 Å². The predicted molar refractivity (Wildman–Crippen MR) is 89.8 cm³/mol. The number of benzene rings is 1. The monoisotopic (exact) mass is 337 g/mol. The van der Waals surface area contributed by atoms with Gasteiger partial charge in [-0.3, -0.25) is 14.3 Å². The lowest BCUT2D eigenvalue weighted by atomic mass is 10.1. The second kappa shape index (κ2) is 6.30. The summed E-state index contributed by atoms with van der Waals surface area (Å²) >= 11 is 7.84. The van der Waals surface area contributed by atoms with Gasteiger partial charge in [0.05, 0.1) is 10.9 Å². The fourth-order valence-corrected chi connectivity index (χ4v) is 3.87. The molecular formula is C15H16ClN3O2S. The molecule has 1 fully saturated rings. The zero-order valence-electron chi connectivity index (χ0n) is 12.1. The molecule has 1 saturated heterocycles. The van der Waals surface area contributed by atoms with Gasteiger partial charge >= 0.3 is 0 Å². The molecule has 22 heavy (non-hydrogen) atoms. The third-order valence-electron chi connectivity index (χ3n) is 3.79. The highest BCUT2D eigenvalue weighted by molar-refractivity contribution is 7.99. The molecule has 0 saturated carbocycles. The fraction of sp³-hybridized carbons (Fsp3) is 0.400. The van der Waals surface area contributed by atoms with E-state index in [-0.39, 0.29) is 17.2 Å². The highest BCUT2D eigenvalue weighted by Gasteiger charge is 2.21. The van der Waals surface area contributed by atoms with Gasteiger partial charge in [0, 0.05) is 18.1 Å². The highest BCUT2D eigenvalue weighted by Crippen LogP contribution is 2.18. The molecule has 2 heterocycles. The molecule has 0 bridgehead atoms. The zero-order valence-corrected chi connectivity index (χ0v) is 13.7. The van der Waals surface area contributed by atoms with Crippen molar-refractivity contribution in [2.24, 2.45) is 7.05 Å². The molecule has 0 atom stereocenters. The van der Waals surface area contributed by atoms with Crippen molar-refractivity contribution in [3.63, 3.8) is 0 Å². The van der Waals surface area contributed by atoms with Crippen LogP contribution in [0.3, 0.4) is 0 Å². The average molecular weight is 338 g/mol. The number of hydrogen-bond acceptors (Lipinski definition) is 4. The van der Waals surface area contributed by atoms with Crippen LogP contribution in [0.1, 0.15) is 23.3 Å². The largest absolute Gasteiger partial charge is 0.348 e. The third kappa shape index (κ3) is 2.98. The van der Waals surface area contributed by atoms with E-state index >= 15 is 0 Å². The standard InChI is InChI=1S/C15H16ClN3O2S/c1-19-12-3-2-9(16)8-11(12)14(20)13(18-19)15(21)17-10-4-6-22-7-5-10/h2-3,8,10H,4-7H2,1H3,(H,17,21). The Bertz CT molecular complexity index is 784. The van der Waals surface area contributed by atoms with E-state index in [1.165, 1.54) is 0 Å². The number of rotatable bonds is 2. The van der Waals surface area contributed by atoms with Crippen molar-refractivity contribution in [1.29, 1.82) is 0 Å². The summed E-state index contributed by atoms with van der Waals surface area (Å²) in [6.45, 7) is 0. The maximum atomic E-state index is 12.5. The molecule has 0 aliphatic carbocycles. The molecule has 0 spiro atoms. The Morgan fingerprint density at radius 3 is 2.86 bits per heavy atom. The molecule has 0 radical (unpaired) electrons. The van der Waals surface area contributed by atoms with Crippen LogP contribution in [0.15, 0.2) is 23.0 Å². The number of carbonyl (C=O) groups excluding carboxylic acids is 1. The molecule has 1 aliphatic heterocycles. The van der Waals surface area contributed by atoms with Crippen molar-refractivity contribution in [2.45, 2.75) is 18.9 Å². The van der Waals surface area contributed by atoms with Crippen LogP contribution < -0.4 is 10.7 Å². The van der Waals surface area contributed by atoms with Gasteiger partial charge in [-0.15, -0.1) is 0 Å². The number of aromatic nitrogens is 2. The summed E-state index contributed by atoms with van der Waals surface area (Å²) in [6, 6.07) is 5.13. The number of amides is 1. The van der Waals surface area contributed by atoms with Crippen molar-refractivity contribution >= 4 is 40.2 Å². The second-order valence-corrected chi connectivity index (χ2v) is 6.98. The summed E-state index contributed by atoms with van der Waals surface area (Å²) < 4.78 is 1.54. The SMILES string of the molecule is Cn1nc(C(=O)NC2CCSCC2)c(=O)c2cc(Cl)ccc21. The van der Waals surface area contributed by atoms with Crippen LogP contribution in [0.4, 0.5) is 0 Å². The normalized spacial score (nSPS) is 15.9. The summed E-state index contributed by atoms with van der Waals surface area (Å²) in [7, 11) is 1.71. The van der Waals surface area contributed by atoms with Crippen molar-refractivity contribution in [2.75, 3.05) is 11.5 Å². The Kier molecular flexibility index (Phi) is 4.40. The first-order valence-electron chi connectivity index (χ1n) is 7.11. The van der Waals surface area contributed by atoms with E-state index in [2.05, 4.69) is 10.4 Å². The molecule has 1 amide bonds. The van der Waals surface area contributed by atoms with E-state index in [0.717, 1.165) is 24.3 Å². The van der Waals surface area contributed by atoms with Crippen LogP contribution in [0, 0.1) is 0 Å². The Balaban J connectivity index is 1.97. The Morgan fingerprint density at radius 2 is 2.14 bits per heavy atom. The molecule has 1 aliphatic rings. The molecular weight excluding hydrogens is 322 g/mol. The minimum atomic E-state index is -0.403. The summed E-state index contributed by atoms with van der Waals surface area (Å²) in [6.07, 6.45) is 1.85. The van der Waals surface area contributed by atoms with E-state index < -0.39 is 5.91 Å². The van der Waals surface area contributed by atoms with E-state index in [1.54, 1.807) is 29.9 Å². The molecule has 0 unspecified atom stereocenters. The number of hydrogen-bond donors (Lipinski definition) is 1. The maximum Gasteiger partial charge on any atom is 0.276 e. The number of carbonyl (C=O) groups is 1. The molecule has 1 aromatic carbocycles. The van der Waals surface area contributed by atoms with Crippen LogP contribution in [-0.2, 0) is 7.05 Å². The number of nitrogens with one attached hydrogen (secondary N) is 1. The molecule has 1 aromatic heterocycles. The van der Waals surface area contributed by atoms with Gasteiger partial charge in [-0.25, -0.2) is 0 Å². The second-order valence-electron chi connectivity index (χ2n) is 5.32. The van der Waals surface area contributed by atoms with Crippen LogP contribution in [0.2, 0.25) is 5.02 Å². The summed E-state index contributed by atoms with van der Waals surface area (Å²) in [4.78, 5) is 24.9. The molecule has 2 aromatic rings. The van der Waals surface area contributed by atoms with Gasteiger partial charge < -0.3 is 5.32 Å². The minimum Gasteiger partial charge on any atom is -0.348 e. The topological polar surface area (TPSA) is 64.0 Å². The number of thioether (sulfide) groups is 1. The highest BCUT2D eigenvalue weighted by atomic mass is 35.5. The van der Waals surface area contributed by atoms with E-state index in [0.29, 0.717) is 15.9 Å². The minimum absolute atomic E-state index is 0.0736. The first-order chi connectivity index (χ1) is 10.6. The summed E-state index contributed by atoms with van der Waals surface area (Å²) in [5.41, 5.74) is 0.203. The van der Waals surface area contributed by atoms with Crippen LogP contribution in [0.25, 0.3) is 10.9 Å². The van der Waals surface area contributed by atoms with E-state index in [1.807, 2.05) is 11.8 Å².